The van der Waals surface area contributed by atoms with Gasteiger partial charge in [-0.25, -0.2) is 0 Å². The monoisotopic (exact) mass is 248 g/mol. The van der Waals surface area contributed by atoms with E-state index in [0.29, 0.717) is 16.3 Å². The van der Waals surface area contributed by atoms with E-state index in [1.165, 1.54) is 12.1 Å². The zero-order valence-electron chi connectivity index (χ0n) is 9.00. The predicted octanol–water partition coefficient (Wildman–Crippen LogP) is 1.39. The molecule has 1 aromatic carbocycles. The highest BCUT2D eigenvalue weighted by atomic mass is 35.5. The SMILES string of the molecule is C#Cc1cc(Cl)cc2c1NC(=O)C(C)NC2=O. The van der Waals surface area contributed by atoms with Crippen molar-refractivity contribution >= 4 is 29.1 Å². The fraction of sp³-hybridized carbons (Fsp3) is 0.167. The number of hydrogen-bond acceptors (Lipinski definition) is 2. The minimum Gasteiger partial charge on any atom is -0.340 e. The lowest BCUT2D eigenvalue weighted by molar-refractivity contribution is -0.117. The van der Waals surface area contributed by atoms with Gasteiger partial charge in [-0.05, 0) is 19.1 Å². The van der Waals surface area contributed by atoms with Gasteiger partial charge in [-0.2, -0.15) is 0 Å². The Kier molecular flexibility index (Phi) is 2.78. The topological polar surface area (TPSA) is 58.2 Å². The Morgan fingerprint density at radius 3 is 2.76 bits per heavy atom. The lowest BCUT2D eigenvalue weighted by atomic mass is 10.1. The molecule has 5 heteroatoms. The molecule has 1 unspecified atom stereocenters. The number of anilines is 1. The fourth-order valence-corrected chi connectivity index (χ4v) is 1.82. The van der Waals surface area contributed by atoms with Gasteiger partial charge < -0.3 is 10.6 Å². The molecule has 0 aromatic heterocycles. The van der Waals surface area contributed by atoms with Crippen molar-refractivity contribution in [3.63, 3.8) is 0 Å². The van der Waals surface area contributed by atoms with Crippen LogP contribution < -0.4 is 10.6 Å². The number of rotatable bonds is 0. The maximum Gasteiger partial charge on any atom is 0.254 e. The van der Waals surface area contributed by atoms with Crippen molar-refractivity contribution in [2.75, 3.05) is 5.32 Å². The van der Waals surface area contributed by atoms with Crippen LogP contribution in [0.4, 0.5) is 5.69 Å². The van der Waals surface area contributed by atoms with E-state index in [1.54, 1.807) is 6.92 Å². The number of benzene rings is 1. The first kappa shape index (κ1) is 11.5. The minimum absolute atomic E-state index is 0.281. The van der Waals surface area contributed by atoms with Gasteiger partial charge in [0.2, 0.25) is 5.91 Å². The molecule has 1 aliphatic heterocycles. The molecule has 1 heterocycles. The third kappa shape index (κ3) is 1.97. The summed E-state index contributed by atoms with van der Waals surface area (Å²) in [5.74, 6) is 1.72. The molecular formula is C12H9ClN2O2. The summed E-state index contributed by atoms with van der Waals surface area (Å²) in [6.07, 6.45) is 5.33. The van der Waals surface area contributed by atoms with E-state index in [4.69, 9.17) is 18.0 Å². The highest BCUT2D eigenvalue weighted by Crippen LogP contribution is 2.27. The van der Waals surface area contributed by atoms with E-state index in [-0.39, 0.29) is 17.4 Å². The number of hydrogen-bond donors (Lipinski definition) is 2. The molecule has 2 amide bonds. The molecule has 1 aromatic rings. The van der Waals surface area contributed by atoms with Gasteiger partial charge in [-0.15, -0.1) is 6.42 Å². The average molecular weight is 249 g/mol. The molecule has 0 fully saturated rings. The number of carbonyl (C=O) groups excluding carboxylic acids is 2. The summed E-state index contributed by atoms with van der Waals surface area (Å²) in [6, 6.07) is 2.40. The Labute approximate surface area is 103 Å². The van der Waals surface area contributed by atoms with Crippen LogP contribution in [0, 0.1) is 12.3 Å². The number of fused-ring (bicyclic) bond motifs is 1. The second kappa shape index (κ2) is 4.11. The van der Waals surface area contributed by atoms with Crippen LogP contribution in [0.2, 0.25) is 5.02 Å². The molecule has 1 atom stereocenters. The van der Waals surface area contributed by atoms with Crippen molar-refractivity contribution in [1.29, 1.82) is 0 Å². The molecular weight excluding hydrogens is 240 g/mol. The number of terminal acetylenes is 1. The van der Waals surface area contributed by atoms with E-state index < -0.39 is 6.04 Å². The van der Waals surface area contributed by atoms with Gasteiger partial charge in [-0.1, -0.05) is 17.5 Å². The predicted molar refractivity (Wildman–Crippen MR) is 64.9 cm³/mol. The van der Waals surface area contributed by atoms with Gasteiger partial charge in [0.05, 0.1) is 16.8 Å². The van der Waals surface area contributed by atoms with E-state index in [2.05, 4.69) is 16.6 Å². The summed E-state index contributed by atoms with van der Waals surface area (Å²) in [4.78, 5) is 23.5. The van der Waals surface area contributed by atoms with Crippen molar-refractivity contribution in [2.45, 2.75) is 13.0 Å². The maximum atomic E-state index is 11.9. The summed E-state index contributed by atoms with van der Waals surface area (Å²) >= 11 is 5.86. The quantitative estimate of drug-likeness (QED) is 0.682. The van der Waals surface area contributed by atoms with Gasteiger partial charge in [0.25, 0.3) is 5.91 Å². The van der Waals surface area contributed by atoms with Crippen molar-refractivity contribution in [1.82, 2.24) is 5.32 Å². The highest BCUT2D eigenvalue weighted by Gasteiger charge is 2.26. The number of nitrogens with one attached hydrogen (secondary N) is 2. The Balaban J connectivity index is 2.66. The second-order valence-electron chi connectivity index (χ2n) is 3.70. The normalized spacial score (nSPS) is 18.5. The average Bonchev–Trinajstić information content (AvgIpc) is 2.38. The molecule has 4 nitrogen and oxygen atoms in total. The summed E-state index contributed by atoms with van der Waals surface area (Å²) in [6.45, 7) is 1.59. The molecule has 2 rings (SSSR count). The lowest BCUT2D eigenvalue weighted by Gasteiger charge is -2.08. The first-order valence-corrected chi connectivity index (χ1v) is 5.32. The smallest absolute Gasteiger partial charge is 0.254 e. The van der Waals surface area contributed by atoms with Crippen LogP contribution in [0.3, 0.4) is 0 Å². The Morgan fingerprint density at radius 1 is 1.41 bits per heavy atom. The van der Waals surface area contributed by atoms with Crippen LogP contribution in [-0.4, -0.2) is 17.9 Å². The Bertz CT molecular complexity index is 560. The lowest BCUT2D eigenvalue weighted by Crippen LogP contribution is -2.38. The summed E-state index contributed by atoms with van der Waals surface area (Å²) in [7, 11) is 0. The minimum atomic E-state index is -0.612. The third-order valence-electron chi connectivity index (χ3n) is 2.49. The summed E-state index contributed by atoms with van der Waals surface area (Å²) < 4.78 is 0. The Morgan fingerprint density at radius 2 is 2.12 bits per heavy atom. The number of halogens is 1. The molecule has 0 spiro atoms. The first-order chi connectivity index (χ1) is 8.02. The van der Waals surface area contributed by atoms with Crippen molar-refractivity contribution in [2.24, 2.45) is 0 Å². The van der Waals surface area contributed by atoms with E-state index >= 15 is 0 Å². The van der Waals surface area contributed by atoms with Gasteiger partial charge >= 0.3 is 0 Å². The molecule has 0 saturated heterocycles. The van der Waals surface area contributed by atoms with Gasteiger partial charge in [0.1, 0.15) is 6.04 Å². The molecule has 0 aliphatic carbocycles. The standard InChI is InChI=1S/C12H9ClN2O2/c1-3-7-4-8(13)5-9-10(7)15-11(16)6(2)14-12(9)17/h1,4-6H,2H3,(H,14,17)(H,15,16). The highest BCUT2D eigenvalue weighted by molar-refractivity contribution is 6.31. The molecule has 1 aliphatic rings. The van der Waals surface area contributed by atoms with Crippen LogP contribution in [0.25, 0.3) is 0 Å². The molecule has 0 radical (unpaired) electrons. The zero-order valence-corrected chi connectivity index (χ0v) is 9.76. The van der Waals surface area contributed by atoms with Gasteiger partial charge in [0.15, 0.2) is 0 Å². The van der Waals surface area contributed by atoms with Crippen LogP contribution in [0.5, 0.6) is 0 Å². The number of amides is 2. The molecule has 2 N–H and O–H groups in total. The molecule has 0 bridgehead atoms. The summed E-state index contributed by atoms with van der Waals surface area (Å²) in [5.41, 5.74) is 1.01. The molecule has 17 heavy (non-hydrogen) atoms. The second-order valence-corrected chi connectivity index (χ2v) is 4.14. The Hall–Kier alpha value is -1.99. The fourth-order valence-electron chi connectivity index (χ4n) is 1.61. The van der Waals surface area contributed by atoms with E-state index in [9.17, 15) is 9.59 Å². The van der Waals surface area contributed by atoms with E-state index in [0.717, 1.165) is 0 Å². The number of carbonyl (C=O) groups is 2. The summed E-state index contributed by atoms with van der Waals surface area (Å²) in [5, 5.41) is 5.53. The van der Waals surface area contributed by atoms with Gasteiger partial charge in [0, 0.05) is 5.02 Å². The molecule has 0 saturated carbocycles. The van der Waals surface area contributed by atoms with Crippen LogP contribution in [-0.2, 0) is 4.79 Å². The van der Waals surface area contributed by atoms with Crippen LogP contribution in [0.15, 0.2) is 12.1 Å². The largest absolute Gasteiger partial charge is 0.340 e. The van der Waals surface area contributed by atoms with Crippen molar-refractivity contribution < 1.29 is 9.59 Å². The first-order valence-electron chi connectivity index (χ1n) is 4.95. The third-order valence-corrected chi connectivity index (χ3v) is 2.71. The van der Waals surface area contributed by atoms with Crippen molar-refractivity contribution in [3.05, 3.63) is 28.3 Å². The maximum absolute atomic E-state index is 11.9. The zero-order chi connectivity index (χ0) is 12.6. The van der Waals surface area contributed by atoms with E-state index in [1.807, 2.05) is 0 Å². The molecule has 86 valence electrons. The van der Waals surface area contributed by atoms with Crippen LogP contribution in [0.1, 0.15) is 22.8 Å². The van der Waals surface area contributed by atoms with Crippen molar-refractivity contribution in [3.8, 4) is 12.3 Å². The van der Waals surface area contributed by atoms with Crippen LogP contribution >= 0.6 is 11.6 Å². The van der Waals surface area contributed by atoms with Gasteiger partial charge in [-0.3, -0.25) is 9.59 Å².